The minimum Gasteiger partial charge on any atom is -0.511 e. The minimum atomic E-state index is -0.752. The van der Waals surface area contributed by atoms with Gasteiger partial charge in [-0.3, -0.25) is 4.79 Å². The van der Waals surface area contributed by atoms with Gasteiger partial charge in [-0.05, 0) is 24.1 Å². The van der Waals surface area contributed by atoms with Crippen molar-refractivity contribution in [1.82, 2.24) is 0 Å². The molecule has 22 heavy (non-hydrogen) atoms. The van der Waals surface area contributed by atoms with E-state index >= 15 is 0 Å². The zero-order chi connectivity index (χ0) is 15.9. The highest BCUT2D eigenvalue weighted by Gasteiger charge is 2.31. The number of allylic oxidation sites excluding steroid dienone is 1. The number of aliphatic hydroxyl groups excluding tert-OH is 1. The highest BCUT2D eigenvalue weighted by molar-refractivity contribution is 6.22. The van der Waals surface area contributed by atoms with Crippen molar-refractivity contribution in [3.05, 3.63) is 41.2 Å². The first-order valence-corrected chi connectivity index (χ1v) is 7.46. The van der Waals surface area contributed by atoms with Crippen LogP contribution >= 0.6 is 0 Å². The van der Waals surface area contributed by atoms with Gasteiger partial charge in [0, 0.05) is 6.42 Å². The molecule has 0 unspecified atom stereocenters. The van der Waals surface area contributed by atoms with E-state index < -0.39 is 11.8 Å². The van der Waals surface area contributed by atoms with Gasteiger partial charge in [0.2, 0.25) is 5.78 Å². The van der Waals surface area contributed by atoms with Crippen LogP contribution in [0.3, 0.4) is 0 Å². The Morgan fingerprint density at radius 3 is 2.55 bits per heavy atom. The standard InChI is InChI=1S/C17H20O5/c1-2-3-4-9-21-13-7-5-12(6-8-13)10-14(18)16-15(19)11-22-17(16)20/h5-8,18H,2-4,9-11H2,1H3. The molecule has 0 amide bonds. The van der Waals surface area contributed by atoms with Crippen molar-refractivity contribution in [1.29, 1.82) is 0 Å². The smallest absolute Gasteiger partial charge is 0.345 e. The molecule has 2 rings (SSSR count). The Kier molecular flexibility index (Phi) is 5.58. The van der Waals surface area contributed by atoms with Gasteiger partial charge in [0.25, 0.3) is 0 Å². The fourth-order valence-corrected chi connectivity index (χ4v) is 2.20. The molecule has 0 aromatic heterocycles. The van der Waals surface area contributed by atoms with Gasteiger partial charge in [-0.25, -0.2) is 4.79 Å². The molecular weight excluding hydrogens is 284 g/mol. The summed E-state index contributed by atoms with van der Waals surface area (Å²) in [5.41, 5.74) is 0.554. The third kappa shape index (κ3) is 4.10. The Morgan fingerprint density at radius 2 is 1.95 bits per heavy atom. The highest BCUT2D eigenvalue weighted by Crippen LogP contribution is 2.19. The number of unbranched alkanes of at least 4 members (excludes halogenated alkanes) is 2. The molecule has 0 aliphatic carbocycles. The van der Waals surface area contributed by atoms with E-state index in [4.69, 9.17) is 4.74 Å². The third-order valence-corrected chi connectivity index (χ3v) is 3.42. The van der Waals surface area contributed by atoms with Gasteiger partial charge in [0.15, 0.2) is 6.61 Å². The largest absolute Gasteiger partial charge is 0.511 e. The maximum atomic E-state index is 11.5. The van der Waals surface area contributed by atoms with Gasteiger partial charge in [0.05, 0.1) is 6.61 Å². The number of ketones is 1. The Balaban J connectivity index is 1.95. The maximum Gasteiger partial charge on any atom is 0.345 e. The predicted octanol–water partition coefficient (Wildman–Crippen LogP) is 2.74. The second kappa shape index (κ2) is 7.64. The van der Waals surface area contributed by atoms with E-state index in [0.717, 1.165) is 30.6 Å². The number of hydrogen-bond acceptors (Lipinski definition) is 5. The molecule has 1 fully saturated rings. The number of Topliss-reactive ketones (excluding diaryl/α,β-unsaturated/α-hetero) is 1. The van der Waals surface area contributed by atoms with Crippen LogP contribution < -0.4 is 4.74 Å². The van der Waals surface area contributed by atoms with Crippen molar-refractivity contribution in [2.75, 3.05) is 13.2 Å². The van der Waals surface area contributed by atoms with Crippen LogP contribution in [0.4, 0.5) is 0 Å². The van der Waals surface area contributed by atoms with E-state index in [-0.39, 0.29) is 24.4 Å². The lowest BCUT2D eigenvalue weighted by Gasteiger charge is -2.07. The summed E-state index contributed by atoms with van der Waals surface area (Å²) in [6.45, 7) is 2.53. The summed E-state index contributed by atoms with van der Waals surface area (Å²) in [5, 5.41) is 9.94. The van der Waals surface area contributed by atoms with E-state index in [1.807, 2.05) is 12.1 Å². The molecule has 5 heteroatoms. The van der Waals surface area contributed by atoms with Gasteiger partial charge >= 0.3 is 5.97 Å². The van der Waals surface area contributed by atoms with Crippen LogP contribution in [0, 0.1) is 0 Å². The lowest BCUT2D eigenvalue weighted by Crippen LogP contribution is -2.07. The summed E-state index contributed by atoms with van der Waals surface area (Å²) in [7, 11) is 0. The second-order valence-electron chi connectivity index (χ2n) is 5.20. The monoisotopic (exact) mass is 304 g/mol. The van der Waals surface area contributed by atoms with Crippen molar-refractivity contribution in [2.45, 2.75) is 32.6 Å². The number of rotatable bonds is 7. The molecular formula is C17H20O5. The number of hydrogen-bond donors (Lipinski definition) is 1. The molecule has 5 nitrogen and oxygen atoms in total. The SMILES string of the molecule is CCCCCOc1ccc(CC(O)=C2C(=O)COC2=O)cc1. The molecule has 0 bridgehead atoms. The average Bonchev–Trinajstić information content (AvgIpc) is 2.84. The number of aliphatic hydroxyl groups is 1. The highest BCUT2D eigenvalue weighted by atomic mass is 16.5. The fourth-order valence-electron chi connectivity index (χ4n) is 2.20. The molecule has 118 valence electrons. The fraction of sp³-hybridized carbons (Fsp3) is 0.412. The van der Waals surface area contributed by atoms with Crippen LogP contribution in [0.2, 0.25) is 0 Å². The number of carbonyl (C=O) groups is 2. The van der Waals surface area contributed by atoms with Gasteiger partial charge in [-0.1, -0.05) is 31.9 Å². The van der Waals surface area contributed by atoms with Crippen LogP contribution in [0.25, 0.3) is 0 Å². The van der Waals surface area contributed by atoms with E-state index in [9.17, 15) is 14.7 Å². The quantitative estimate of drug-likeness (QED) is 0.276. The number of benzene rings is 1. The van der Waals surface area contributed by atoms with Crippen molar-refractivity contribution >= 4 is 11.8 Å². The molecule has 0 spiro atoms. The van der Waals surface area contributed by atoms with Crippen molar-refractivity contribution in [3.8, 4) is 5.75 Å². The molecule has 1 aromatic carbocycles. The molecule has 0 saturated carbocycles. The van der Waals surface area contributed by atoms with Crippen LogP contribution in [-0.2, 0) is 20.7 Å². The summed E-state index contributed by atoms with van der Waals surface area (Å²) >= 11 is 0. The molecule has 0 radical (unpaired) electrons. The zero-order valence-corrected chi connectivity index (χ0v) is 12.6. The predicted molar refractivity (Wildman–Crippen MR) is 80.8 cm³/mol. The van der Waals surface area contributed by atoms with Crippen LogP contribution in [0.5, 0.6) is 5.75 Å². The number of cyclic esters (lactones) is 1. The van der Waals surface area contributed by atoms with E-state index in [0.29, 0.717) is 6.61 Å². The summed E-state index contributed by atoms with van der Waals surface area (Å²) in [6.07, 6.45) is 3.43. The number of ether oxygens (including phenoxy) is 2. The van der Waals surface area contributed by atoms with Crippen molar-refractivity contribution in [2.24, 2.45) is 0 Å². The second-order valence-corrected chi connectivity index (χ2v) is 5.20. The van der Waals surface area contributed by atoms with Gasteiger partial charge in [-0.2, -0.15) is 0 Å². The van der Waals surface area contributed by atoms with Crippen LogP contribution in [-0.4, -0.2) is 30.1 Å². The van der Waals surface area contributed by atoms with Gasteiger partial charge < -0.3 is 14.6 Å². The molecule has 1 aromatic rings. The summed E-state index contributed by atoms with van der Waals surface area (Å²) in [6, 6.07) is 7.23. The first-order valence-electron chi connectivity index (χ1n) is 7.46. The molecule has 1 aliphatic rings. The Morgan fingerprint density at radius 1 is 1.23 bits per heavy atom. The van der Waals surface area contributed by atoms with Crippen molar-refractivity contribution in [3.63, 3.8) is 0 Å². The summed E-state index contributed by atoms with van der Waals surface area (Å²) < 4.78 is 10.2. The summed E-state index contributed by atoms with van der Waals surface area (Å²) in [4.78, 5) is 22.8. The van der Waals surface area contributed by atoms with Crippen LogP contribution in [0.15, 0.2) is 35.6 Å². The molecule has 1 heterocycles. The van der Waals surface area contributed by atoms with Crippen molar-refractivity contribution < 1.29 is 24.2 Å². The average molecular weight is 304 g/mol. The normalized spacial score (nSPS) is 16.6. The number of esters is 1. The lowest BCUT2D eigenvalue weighted by atomic mass is 10.1. The maximum absolute atomic E-state index is 11.5. The Bertz CT molecular complexity index is 553. The van der Waals surface area contributed by atoms with E-state index in [2.05, 4.69) is 11.7 Å². The molecule has 0 atom stereocenters. The molecule has 1 N–H and O–H groups in total. The minimum absolute atomic E-state index is 0.117. The Labute approximate surface area is 129 Å². The lowest BCUT2D eigenvalue weighted by molar-refractivity contribution is -0.135. The first-order chi connectivity index (χ1) is 10.6. The molecule has 1 aliphatic heterocycles. The first kappa shape index (κ1) is 16.1. The van der Waals surface area contributed by atoms with E-state index in [1.54, 1.807) is 12.1 Å². The molecule has 1 saturated heterocycles. The van der Waals surface area contributed by atoms with E-state index in [1.165, 1.54) is 0 Å². The Hall–Kier alpha value is -2.30. The van der Waals surface area contributed by atoms with Crippen LogP contribution in [0.1, 0.15) is 31.7 Å². The number of carbonyl (C=O) groups excluding carboxylic acids is 2. The van der Waals surface area contributed by atoms with Gasteiger partial charge in [0.1, 0.15) is 17.1 Å². The third-order valence-electron chi connectivity index (χ3n) is 3.42. The van der Waals surface area contributed by atoms with Gasteiger partial charge in [-0.15, -0.1) is 0 Å². The summed E-state index contributed by atoms with van der Waals surface area (Å²) in [5.74, 6) is -0.704. The zero-order valence-electron chi connectivity index (χ0n) is 12.6. The topological polar surface area (TPSA) is 72.8 Å².